The summed E-state index contributed by atoms with van der Waals surface area (Å²) in [6.45, 7) is 1.74. The third kappa shape index (κ3) is 3.35. The van der Waals surface area contributed by atoms with Crippen molar-refractivity contribution in [3.05, 3.63) is 58.8 Å². The molecule has 0 fully saturated rings. The Labute approximate surface area is 141 Å². The number of nitro benzene ring substituents is 1. The van der Waals surface area contributed by atoms with Crippen LogP contribution in [-0.4, -0.2) is 30.7 Å². The van der Waals surface area contributed by atoms with Crippen LogP contribution in [0.4, 0.5) is 11.4 Å². The lowest BCUT2D eigenvalue weighted by Crippen LogP contribution is -2.22. The molecule has 2 heterocycles. The molecule has 3 rings (SSSR count). The summed E-state index contributed by atoms with van der Waals surface area (Å²) in [6, 6.07) is 11.4. The molecule has 0 radical (unpaired) electrons. The van der Waals surface area contributed by atoms with E-state index in [0.29, 0.717) is 16.5 Å². The van der Waals surface area contributed by atoms with Crippen molar-refractivity contribution in [1.29, 1.82) is 0 Å². The number of amides is 1. The Morgan fingerprint density at radius 1 is 1.29 bits per heavy atom. The number of aromatic nitrogens is 3. The maximum absolute atomic E-state index is 12.3. The Balaban J connectivity index is 1.71. The van der Waals surface area contributed by atoms with Crippen molar-refractivity contribution in [2.45, 2.75) is 17.3 Å². The lowest BCUT2D eigenvalue weighted by molar-refractivity contribution is -0.384. The van der Waals surface area contributed by atoms with Gasteiger partial charge in [0, 0.05) is 24.0 Å². The van der Waals surface area contributed by atoms with Crippen LogP contribution in [0, 0.1) is 10.1 Å². The van der Waals surface area contributed by atoms with Gasteiger partial charge >= 0.3 is 0 Å². The highest BCUT2D eigenvalue weighted by Crippen LogP contribution is 2.24. The second-order valence-corrected chi connectivity index (χ2v) is 6.28. The van der Waals surface area contributed by atoms with Gasteiger partial charge in [-0.25, -0.2) is 0 Å². The molecule has 1 aromatic carbocycles. The average molecular weight is 343 g/mol. The Morgan fingerprint density at radius 2 is 2.12 bits per heavy atom. The first-order valence-electron chi connectivity index (χ1n) is 7.06. The monoisotopic (exact) mass is 343 g/mol. The first-order chi connectivity index (χ1) is 11.5. The first kappa shape index (κ1) is 15.9. The van der Waals surface area contributed by atoms with E-state index in [9.17, 15) is 14.9 Å². The Kier molecular flexibility index (Phi) is 4.43. The van der Waals surface area contributed by atoms with Gasteiger partial charge in [0.05, 0.1) is 10.2 Å². The Morgan fingerprint density at radius 3 is 2.92 bits per heavy atom. The summed E-state index contributed by atoms with van der Waals surface area (Å²) in [7, 11) is 0. The van der Waals surface area contributed by atoms with Crippen LogP contribution in [0.2, 0.25) is 0 Å². The Hall–Kier alpha value is -2.94. The number of carbonyl (C=O) groups excluding carboxylic acids is 1. The zero-order valence-electron chi connectivity index (χ0n) is 12.6. The standard InChI is InChI=1S/C15H13N5O3S/c1-10(24-15-18-17-13-7-2-3-8-19(13)15)14(21)16-11-5-4-6-12(9-11)20(22)23/h2-10H,1H3,(H,16,21)/t10-/m1/s1. The molecular weight excluding hydrogens is 330 g/mol. The third-order valence-corrected chi connectivity index (χ3v) is 4.32. The molecule has 24 heavy (non-hydrogen) atoms. The number of benzene rings is 1. The number of non-ortho nitro benzene ring substituents is 1. The lowest BCUT2D eigenvalue weighted by atomic mass is 10.2. The molecular formula is C15H13N5O3S. The fraction of sp³-hybridized carbons (Fsp3) is 0.133. The third-order valence-electron chi connectivity index (χ3n) is 3.26. The zero-order chi connectivity index (χ0) is 17.1. The summed E-state index contributed by atoms with van der Waals surface area (Å²) < 4.78 is 1.79. The normalized spacial score (nSPS) is 12.0. The van der Waals surface area contributed by atoms with E-state index in [4.69, 9.17) is 0 Å². The molecule has 0 aliphatic rings. The van der Waals surface area contributed by atoms with Gasteiger partial charge in [-0.05, 0) is 25.1 Å². The number of pyridine rings is 1. The number of fused-ring (bicyclic) bond motifs is 1. The van der Waals surface area contributed by atoms with Crippen molar-refractivity contribution in [2.24, 2.45) is 0 Å². The number of nitrogens with one attached hydrogen (secondary N) is 1. The van der Waals surface area contributed by atoms with Crippen LogP contribution in [0.5, 0.6) is 0 Å². The summed E-state index contributed by atoms with van der Waals surface area (Å²) >= 11 is 1.26. The lowest BCUT2D eigenvalue weighted by Gasteiger charge is -2.10. The fourth-order valence-corrected chi connectivity index (χ4v) is 2.89. The van der Waals surface area contributed by atoms with Crippen molar-refractivity contribution in [3.8, 4) is 0 Å². The van der Waals surface area contributed by atoms with Gasteiger partial charge in [-0.2, -0.15) is 0 Å². The summed E-state index contributed by atoms with van der Waals surface area (Å²) in [6.07, 6.45) is 1.82. The van der Waals surface area contributed by atoms with Crippen LogP contribution in [-0.2, 0) is 4.79 Å². The van der Waals surface area contributed by atoms with E-state index in [-0.39, 0.29) is 11.6 Å². The predicted octanol–water partition coefficient (Wildman–Crippen LogP) is 2.76. The molecule has 0 bridgehead atoms. The van der Waals surface area contributed by atoms with Crippen LogP contribution >= 0.6 is 11.8 Å². The largest absolute Gasteiger partial charge is 0.325 e. The highest BCUT2D eigenvalue weighted by molar-refractivity contribution is 8.00. The molecule has 8 nitrogen and oxygen atoms in total. The summed E-state index contributed by atoms with van der Waals surface area (Å²) in [4.78, 5) is 22.6. The van der Waals surface area contributed by atoms with Crippen LogP contribution in [0.3, 0.4) is 0 Å². The molecule has 1 N–H and O–H groups in total. The number of nitrogens with zero attached hydrogens (tertiary/aromatic N) is 4. The van der Waals surface area contributed by atoms with E-state index < -0.39 is 10.2 Å². The van der Waals surface area contributed by atoms with E-state index in [1.807, 2.05) is 24.4 Å². The molecule has 0 aliphatic heterocycles. The van der Waals surface area contributed by atoms with E-state index >= 15 is 0 Å². The average Bonchev–Trinajstić information content (AvgIpc) is 2.98. The molecule has 0 aliphatic carbocycles. The van der Waals surface area contributed by atoms with Gasteiger partial charge in [0.1, 0.15) is 0 Å². The molecule has 122 valence electrons. The van der Waals surface area contributed by atoms with Gasteiger partial charge in [0.15, 0.2) is 10.8 Å². The minimum atomic E-state index is -0.504. The summed E-state index contributed by atoms with van der Waals surface area (Å²) in [5, 5.41) is 21.7. The number of hydrogen-bond donors (Lipinski definition) is 1. The Bertz CT molecular complexity index is 911. The van der Waals surface area contributed by atoms with Gasteiger partial charge in [-0.15, -0.1) is 10.2 Å². The van der Waals surface area contributed by atoms with E-state index in [1.54, 1.807) is 17.4 Å². The second-order valence-electron chi connectivity index (χ2n) is 4.97. The smallest absolute Gasteiger partial charge is 0.271 e. The number of rotatable bonds is 5. The topological polar surface area (TPSA) is 102 Å². The highest BCUT2D eigenvalue weighted by atomic mass is 32.2. The van der Waals surface area contributed by atoms with Gasteiger partial charge < -0.3 is 5.32 Å². The minimum Gasteiger partial charge on any atom is -0.325 e. The maximum Gasteiger partial charge on any atom is 0.271 e. The van der Waals surface area contributed by atoms with Crippen molar-refractivity contribution < 1.29 is 9.72 Å². The van der Waals surface area contributed by atoms with E-state index in [2.05, 4.69) is 15.5 Å². The summed E-state index contributed by atoms with van der Waals surface area (Å²) in [5.41, 5.74) is 1.01. The predicted molar refractivity (Wildman–Crippen MR) is 90.0 cm³/mol. The summed E-state index contributed by atoms with van der Waals surface area (Å²) in [5.74, 6) is -0.270. The van der Waals surface area contributed by atoms with Crippen molar-refractivity contribution in [1.82, 2.24) is 14.6 Å². The molecule has 1 atom stereocenters. The zero-order valence-corrected chi connectivity index (χ0v) is 13.4. The van der Waals surface area contributed by atoms with Crippen molar-refractivity contribution in [2.75, 3.05) is 5.32 Å². The van der Waals surface area contributed by atoms with E-state index in [0.717, 1.165) is 0 Å². The SMILES string of the molecule is C[C@@H](Sc1nnc2ccccn12)C(=O)Nc1cccc([N+](=O)[O-])c1. The number of hydrogen-bond acceptors (Lipinski definition) is 6. The van der Waals surface area contributed by atoms with Crippen LogP contribution < -0.4 is 5.32 Å². The van der Waals surface area contributed by atoms with Crippen molar-refractivity contribution in [3.63, 3.8) is 0 Å². The molecule has 3 aromatic rings. The number of carbonyl (C=O) groups is 1. The molecule has 2 aromatic heterocycles. The van der Waals surface area contributed by atoms with Gasteiger partial charge in [0.25, 0.3) is 5.69 Å². The van der Waals surface area contributed by atoms with Gasteiger partial charge in [-0.1, -0.05) is 23.9 Å². The fourth-order valence-electron chi connectivity index (χ4n) is 2.05. The quantitative estimate of drug-likeness (QED) is 0.434. The second kappa shape index (κ2) is 6.67. The number of anilines is 1. The first-order valence-corrected chi connectivity index (χ1v) is 7.94. The molecule has 0 spiro atoms. The maximum atomic E-state index is 12.3. The van der Waals surface area contributed by atoms with Gasteiger partial charge in [0.2, 0.25) is 5.91 Å². The molecule has 1 amide bonds. The number of nitro groups is 1. The van der Waals surface area contributed by atoms with Crippen molar-refractivity contribution >= 4 is 34.7 Å². The highest BCUT2D eigenvalue weighted by Gasteiger charge is 2.18. The number of thioether (sulfide) groups is 1. The molecule has 0 saturated carbocycles. The van der Waals surface area contributed by atoms with Crippen LogP contribution in [0.1, 0.15) is 6.92 Å². The molecule has 9 heteroatoms. The van der Waals surface area contributed by atoms with Crippen LogP contribution in [0.25, 0.3) is 5.65 Å². The van der Waals surface area contributed by atoms with Crippen LogP contribution in [0.15, 0.2) is 53.8 Å². The minimum absolute atomic E-state index is 0.0726. The molecule has 0 unspecified atom stereocenters. The molecule has 0 saturated heterocycles. The van der Waals surface area contributed by atoms with E-state index in [1.165, 1.54) is 30.0 Å². The van der Waals surface area contributed by atoms with Gasteiger partial charge in [-0.3, -0.25) is 19.3 Å².